The van der Waals surface area contributed by atoms with Crippen molar-refractivity contribution >= 4 is 5.91 Å². The summed E-state index contributed by atoms with van der Waals surface area (Å²) >= 11 is 0. The number of aromatic nitrogens is 2. The van der Waals surface area contributed by atoms with E-state index in [-0.39, 0.29) is 16.9 Å². The lowest BCUT2D eigenvalue weighted by atomic mass is 9.77. The number of hydrogen-bond acceptors (Lipinski definition) is 4. The molecule has 1 aliphatic carbocycles. The second-order valence-electron chi connectivity index (χ2n) is 8.14. The molecule has 0 saturated carbocycles. The molecule has 1 atom stereocenters. The Kier molecular flexibility index (Phi) is 4.69. The van der Waals surface area contributed by atoms with Crippen LogP contribution in [0.4, 0.5) is 0 Å². The predicted octanol–water partition coefficient (Wildman–Crippen LogP) is 1.93. The molecule has 2 aliphatic heterocycles. The maximum Gasteiger partial charge on any atom is 0.253 e. The molecule has 1 fully saturated rings. The summed E-state index contributed by atoms with van der Waals surface area (Å²) in [7, 11) is 0. The molecule has 0 bridgehead atoms. The molecule has 3 aliphatic rings. The molecule has 0 N–H and O–H groups in total. The first-order valence-corrected chi connectivity index (χ1v) is 9.82. The fourth-order valence-corrected chi connectivity index (χ4v) is 4.40. The summed E-state index contributed by atoms with van der Waals surface area (Å²) < 4.78 is 1.74. The van der Waals surface area contributed by atoms with Crippen molar-refractivity contribution in [3.8, 4) is 0 Å². The molecule has 0 spiro atoms. The van der Waals surface area contributed by atoms with Gasteiger partial charge in [-0.1, -0.05) is 19.1 Å². The molecule has 1 aromatic rings. The van der Waals surface area contributed by atoms with Crippen LogP contribution in [0, 0.1) is 5.41 Å². The van der Waals surface area contributed by atoms with Crippen molar-refractivity contribution < 1.29 is 4.79 Å². The Morgan fingerprint density at radius 1 is 1.19 bits per heavy atom. The minimum absolute atomic E-state index is 0.0168. The minimum Gasteiger partial charge on any atom is -0.333 e. The minimum atomic E-state index is -0.315. The second kappa shape index (κ2) is 6.99. The summed E-state index contributed by atoms with van der Waals surface area (Å²) in [4.78, 5) is 34.6. The van der Waals surface area contributed by atoms with Crippen LogP contribution < -0.4 is 5.56 Å². The molecular formula is C20H28N4O2. The maximum atomic E-state index is 13.1. The molecule has 1 aromatic heterocycles. The zero-order chi connectivity index (χ0) is 18.1. The number of carbonyl (C=O) groups is 1. The highest BCUT2D eigenvalue weighted by Gasteiger charge is 2.37. The van der Waals surface area contributed by atoms with Crippen LogP contribution in [0.2, 0.25) is 0 Å². The summed E-state index contributed by atoms with van der Waals surface area (Å²) in [6, 6.07) is 1.67. The third kappa shape index (κ3) is 3.34. The number of rotatable bonds is 3. The highest BCUT2D eigenvalue weighted by Crippen LogP contribution is 2.34. The average molecular weight is 356 g/mol. The molecule has 3 heterocycles. The summed E-state index contributed by atoms with van der Waals surface area (Å²) in [6.45, 7) is 6.55. The third-order valence-corrected chi connectivity index (χ3v) is 6.05. The van der Waals surface area contributed by atoms with Gasteiger partial charge < -0.3 is 4.90 Å². The molecule has 6 heteroatoms. The van der Waals surface area contributed by atoms with E-state index in [4.69, 9.17) is 4.98 Å². The van der Waals surface area contributed by atoms with Gasteiger partial charge in [-0.25, -0.2) is 4.98 Å². The zero-order valence-electron chi connectivity index (χ0n) is 15.6. The largest absolute Gasteiger partial charge is 0.333 e. The molecule has 140 valence electrons. The SMILES string of the molecule is CC1(C(=O)N2CCn3c(nc(CN4CCCC4)cc3=O)C2)CC=CCC1. The van der Waals surface area contributed by atoms with Crippen molar-refractivity contribution in [2.45, 2.75) is 58.7 Å². The standard InChI is InChI=1S/C20H28N4O2/c1-20(7-3-2-4-8-20)19(26)23-11-12-24-17(15-23)21-16(13-18(24)25)14-22-9-5-6-10-22/h2-3,13H,4-12,14-15H2,1H3. The van der Waals surface area contributed by atoms with E-state index in [0.29, 0.717) is 19.6 Å². The number of hydrogen-bond donors (Lipinski definition) is 0. The van der Waals surface area contributed by atoms with Crippen LogP contribution in [-0.2, 0) is 24.4 Å². The van der Waals surface area contributed by atoms with E-state index in [1.165, 1.54) is 12.8 Å². The number of likely N-dealkylation sites (tertiary alicyclic amines) is 1. The molecule has 0 radical (unpaired) electrons. The highest BCUT2D eigenvalue weighted by molar-refractivity contribution is 5.82. The van der Waals surface area contributed by atoms with Gasteiger partial charge in [0, 0.05) is 25.7 Å². The number of allylic oxidation sites excluding steroid dienone is 2. The summed E-state index contributed by atoms with van der Waals surface area (Å²) in [5, 5.41) is 0. The van der Waals surface area contributed by atoms with Gasteiger partial charge in [-0.15, -0.1) is 0 Å². The molecule has 6 nitrogen and oxygen atoms in total. The predicted molar refractivity (Wildman–Crippen MR) is 99.5 cm³/mol. The fourth-order valence-electron chi connectivity index (χ4n) is 4.40. The van der Waals surface area contributed by atoms with Crippen LogP contribution in [0.1, 0.15) is 50.5 Å². The number of amides is 1. The smallest absolute Gasteiger partial charge is 0.253 e. The van der Waals surface area contributed by atoms with E-state index in [9.17, 15) is 9.59 Å². The van der Waals surface area contributed by atoms with E-state index >= 15 is 0 Å². The molecule has 1 saturated heterocycles. The Balaban J connectivity index is 1.53. The Bertz CT molecular complexity index is 779. The zero-order valence-corrected chi connectivity index (χ0v) is 15.6. The Labute approximate surface area is 154 Å². The van der Waals surface area contributed by atoms with Gasteiger partial charge in [0.25, 0.3) is 5.56 Å². The van der Waals surface area contributed by atoms with Crippen molar-refractivity contribution in [3.05, 3.63) is 40.1 Å². The van der Waals surface area contributed by atoms with Gasteiger partial charge in [-0.05, 0) is 45.2 Å². The van der Waals surface area contributed by atoms with E-state index in [0.717, 1.165) is 50.4 Å². The topological polar surface area (TPSA) is 58.4 Å². The van der Waals surface area contributed by atoms with Crippen molar-refractivity contribution in [1.82, 2.24) is 19.4 Å². The van der Waals surface area contributed by atoms with Crippen molar-refractivity contribution in [1.29, 1.82) is 0 Å². The van der Waals surface area contributed by atoms with Crippen molar-refractivity contribution in [3.63, 3.8) is 0 Å². The molecule has 4 rings (SSSR count). The lowest BCUT2D eigenvalue weighted by Gasteiger charge is -2.37. The van der Waals surface area contributed by atoms with Crippen LogP contribution >= 0.6 is 0 Å². The van der Waals surface area contributed by atoms with Gasteiger partial charge in [0.05, 0.1) is 17.7 Å². The number of carbonyl (C=O) groups excluding carboxylic acids is 1. The monoisotopic (exact) mass is 356 g/mol. The third-order valence-electron chi connectivity index (χ3n) is 6.05. The maximum absolute atomic E-state index is 13.1. The summed E-state index contributed by atoms with van der Waals surface area (Å²) in [5.74, 6) is 0.938. The summed E-state index contributed by atoms with van der Waals surface area (Å²) in [5.41, 5.74) is 0.539. The van der Waals surface area contributed by atoms with E-state index in [1.807, 2.05) is 4.90 Å². The van der Waals surface area contributed by atoms with Gasteiger partial charge >= 0.3 is 0 Å². The first kappa shape index (κ1) is 17.5. The summed E-state index contributed by atoms with van der Waals surface area (Å²) in [6.07, 6.45) is 9.39. The van der Waals surface area contributed by atoms with Gasteiger partial charge in [-0.2, -0.15) is 0 Å². The van der Waals surface area contributed by atoms with Crippen LogP contribution in [0.5, 0.6) is 0 Å². The number of nitrogens with zero attached hydrogens (tertiary/aromatic N) is 4. The van der Waals surface area contributed by atoms with Crippen LogP contribution in [0.3, 0.4) is 0 Å². The fraction of sp³-hybridized carbons (Fsp3) is 0.650. The van der Waals surface area contributed by atoms with Crippen LogP contribution in [-0.4, -0.2) is 44.9 Å². The highest BCUT2D eigenvalue weighted by atomic mass is 16.2. The van der Waals surface area contributed by atoms with E-state index < -0.39 is 0 Å². The van der Waals surface area contributed by atoms with Crippen LogP contribution in [0.15, 0.2) is 23.0 Å². The molecular weight excluding hydrogens is 328 g/mol. The normalized spacial score (nSPS) is 26.1. The Hall–Kier alpha value is -1.95. The Morgan fingerprint density at radius 2 is 2.00 bits per heavy atom. The average Bonchev–Trinajstić information content (AvgIpc) is 3.14. The van der Waals surface area contributed by atoms with Crippen molar-refractivity contribution in [2.75, 3.05) is 19.6 Å². The van der Waals surface area contributed by atoms with E-state index in [1.54, 1.807) is 10.6 Å². The van der Waals surface area contributed by atoms with Gasteiger partial charge in [0.2, 0.25) is 5.91 Å². The van der Waals surface area contributed by atoms with Gasteiger partial charge in [0.15, 0.2) is 0 Å². The molecule has 1 amide bonds. The molecule has 1 unspecified atom stereocenters. The molecule has 26 heavy (non-hydrogen) atoms. The van der Waals surface area contributed by atoms with Gasteiger partial charge in [0.1, 0.15) is 5.82 Å². The Morgan fingerprint density at radius 3 is 2.73 bits per heavy atom. The first-order valence-electron chi connectivity index (χ1n) is 9.82. The molecule has 0 aromatic carbocycles. The van der Waals surface area contributed by atoms with Crippen LogP contribution in [0.25, 0.3) is 0 Å². The lowest BCUT2D eigenvalue weighted by Crippen LogP contribution is -2.48. The number of fused-ring (bicyclic) bond motifs is 1. The van der Waals surface area contributed by atoms with E-state index in [2.05, 4.69) is 24.0 Å². The first-order chi connectivity index (χ1) is 12.5. The lowest BCUT2D eigenvalue weighted by molar-refractivity contribution is -0.143. The quantitative estimate of drug-likeness (QED) is 0.777. The second-order valence-corrected chi connectivity index (χ2v) is 8.14. The van der Waals surface area contributed by atoms with Crippen molar-refractivity contribution in [2.24, 2.45) is 5.41 Å². The van der Waals surface area contributed by atoms with Gasteiger partial charge in [-0.3, -0.25) is 19.1 Å².